The SMILES string of the molecule is CN(C)CCNC(C)(C#N)CCCC(F)(F)F. The number of nitrogens with zero attached hydrogens (tertiary/aromatic N) is 2. The molecule has 0 aromatic carbocycles. The molecule has 1 N–H and O–H groups in total. The van der Waals surface area contributed by atoms with Crippen LogP contribution in [0, 0.1) is 11.3 Å². The maximum absolute atomic E-state index is 12.0. The molecule has 6 heteroatoms. The van der Waals surface area contributed by atoms with Crippen LogP contribution in [0.25, 0.3) is 0 Å². The Labute approximate surface area is 101 Å². The summed E-state index contributed by atoms with van der Waals surface area (Å²) in [5.41, 5.74) is -0.874. The van der Waals surface area contributed by atoms with E-state index in [1.807, 2.05) is 25.1 Å². The van der Waals surface area contributed by atoms with Crippen LogP contribution in [0.4, 0.5) is 13.2 Å². The maximum atomic E-state index is 12.0. The van der Waals surface area contributed by atoms with Crippen molar-refractivity contribution in [3.63, 3.8) is 0 Å². The lowest BCUT2D eigenvalue weighted by molar-refractivity contribution is -0.136. The van der Waals surface area contributed by atoms with Gasteiger partial charge in [0.2, 0.25) is 0 Å². The molecule has 0 aromatic heterocycles. The number of nitriles is 1. The Morgan fingerprint density at radius 1 is 1.24 bits per heavy atom. The molecule has 0 heterocycles. The summed E-state index contributed by atoms with van der Waals surface area (Å²) in [4.78, 5) is 1.94. The molecule has 0 radical (unpaired) electrons. The molecule has 0 bridgehead atoms. The third-order valence-corrected chi connectivity index (χ3v) is 2.46. The lowest BCUT2D eigenvalue weighted by Gasteiger charge is -2.24. The number of hydrogen-bond donors (Lipinski definition) is 1. The van der Waals surface area contributed by atoms with Crippen molar-refractivity contribution in [3.8, 4) is 6.07 Å². The van der Waals surface area contributed by atoms with E-state index in [4.69, 9.17) is 5.26 Å². The zero-order valence-electron chi connectivity index (χ0n) is 10.6. The predicted molar refractivity (Wildman–Crippen MR) is 60.5 cm³/mol. The number of halogens is 3. The van der Waals surface area contributed by atoms with E-state index in [0.29, 0.717) is 6.54 Å². The van der Waals surface area contributed by atoms with E-state index in [0.717, 1.165) is 6.54 Å². The van der Waals surface area contributed by atoms with Gasteiger partial charge in [-0.05, 0) is 33.9 Å². The van der Waals surface area contributed by atoms with Gasteiger partial charge in [-0.3, -0.25) is 5.32 Å². The van der Waals surface area contributed by atoms with Gasteiger partial charge >= 0.3 is 6.18 Å². The van der Waals surface area contributed by atoms with E-state index in [-0.39, 0.29) is 12.8 Å². The normalized spacial score (nSPS) is 15.6. The summed E-state index contributed by atoms with van der Waals surface area (Å²) in [6, 6.07) is 2.04. The van der Waals surface area contributed by atoms with Crippen LogP contribution in [0.3, 0.4) is 0 Å². The Bertz CT molecular complexity index is 258. The van der Waals surface area contributed by atoms with Crippen LogP contribution in [0.15, 0.2) is 0 Å². The van der Waals surface area contributed by atoms with Crippen LogP contribution in [0.5, 0.6) is 0 Å². The molecule has 17 heavy (non-hydrogen) atoms. The molecule has 0 aliphatic carbocycles. The Hall–Kier alpha value is -0.800. The van der Waals surface area contributed by atoms with Crippen LogP contribution in [0.1, 0.15) is 26.2 Å². The lowest BCUT2D eigenvalue weighted by Crippen LogP contribution is -2.44. The van der Waals surface area contributed by atoms with E-state index in [1.54, 1.807) is 6.92 Å². The second-order valence-corrected chi connectivity index (χ2v) is 4.64. The van der Waals surface area contributed by atoms with Crippen LogP contribution < -0.4 is 5.32 Å². The van der Waals surface area contributed by atoms with E-state index in [1.165, 1.54) is 0 Å². The lowest BCUT2D eigenvalue weighted by atomic mass is 9.96. The highest BCUT2D eigenvalue weighted by Gasteiger charge is 2.29. The van der Waals surface area contributed by atoms with E-state index < -0.39 is 18.1 Å². The molecule has 0 aromatic rings. The van der Waals surface area contributed by atoms with Gasteiger partial charge < -0.3 is 4.90 Å². The molecule has 0 spiro atoms. The van der Waals surface area contributed by atoms with E-state index in [9.17, 15) is 13.2 Å². The molecular weight excluding hydrogens is 231 g/mol. The summed E-state index contributed by atoms with van der Waals surface area (Å²) in [7, 11) is 3.80. The zero-order chi connectivity index (χ0) is 13.5. The second-order valence-electron chi connectivity index (χ2n) is 4.64. The first-order valence-electron chi connectivity index (χ1n) is 5.56. The molecule has 0 fully saturated rings. The summed E-state index contributed by atoms with van der Waals surface area (Å²) in [5.74, 6) is 0. The molecule has 0 amide bonds. The van der Waals surface area contributed by atoms with E-state index in [2.05, 4.69) is 5.32 Å². The highest BCUT2D eigenvalue weighted by atomic mass is 19.4. The van der Waals surface area contributed by atoms with Crippen LogP contribution >= 0.6 is 0 Å². The Morgan fingerprint density at radius 2 is 1.82 bits per heavy atom. The number of nitrogens with one attached hydrogen (secondary N) is 1. The van der Waals surface area contributed by atoms with E-state index >= 15 is 0 Å². The van der Waals surface area contributed by atoms with Gasteiger partial charge in [-0.1, -0.05) is 0 Å². The minimum absolute atomic E-state index is 0.0253. The number of likely N-dealkylation sites (N-methyl/N-ethyl adjacent to an activating group) is 1. The van der Waals surface area contributed by atoms with Crippen LogP contribution in [-0.4, -0.2) is 43.8 Å². The predicted octanol–water partition coefficient (Wildman–Crippen LogP) is 2.15. The van der Waals surface area contributed by atoms with Gasteiger partial charge in [0.25, 0.3) is 0 Å². The fraction of sp³-hybridized carbons (Fsp3) is 0.909. The quantitative estimate of drug-likeness (QED) is 0.753. The third-order valence-electron chi connectivity index (χ3n) is 2.46. The Kier molecular flexibility index (Phi) is 6.50. The Morgan fingerprint density at radius 3 is 2.24 bits per heavy atom. The topological polar surface area (TPSA) is 39.1 Å². The van der Waals surface area contributed by atoms with Gasteiger partial charge in [0.15, 0.2) is 0 Å². The highest BCUT2D eigenvalue weighted by molar-refractivity contribution is 5.03. The van der Waals surface area contributed by atoms with Gasteiger partial charge in [0, 0.05) is 19.5 Å². The molecule has 0 saturated carbocycles. The first-order valence-corrected chi connectivity index (χ1v) is 5.56. The van der Waals surface area contributed by atoms with Gasteiger partial charge in [0.1, 0.15) is 5.54 Å². The van der Waals surface area contributed by atoms with Crippen molar-refractivity contribution < 1.29 is 13.2 Å². The minimum Gasteiger partial charge on any atom is -0.308 e. The first-order chi connectivity index (χ1) is 7.68. The highest BCUT2D eigenvalue weighted by Crippen LogP contribution is 2.24. The molecule has 100 valence electrons. The van der Waals surface area contributed by atoms with Crippen molar-refractivity contribution in [1.82, 2.24) is 10.2 Å². The average Bonchev–Trinajstić information content (AvgIpc) is 2.15. The largest absolute Gasteiger partial charge is 0.389 e. The molecule has 3 nitrogen and oxygen atoms in total. The summed E-state index contributed by atoms with van der Waals surface area (Å²) < 4.78 is 35.9. The molecule has 0 aliphatic heterocycles. The number of hydrogen-bond acceptors (Lipinski definition) is 3. The molecule has 1 atom stereocenters. The fourth-order valence-corrected chi connectivity index (χ4v) is 1.38. The van der Waals surface area contributed by atoms with Crippen molar-refractivity contribution in [3.05, 3.63) is 0 Å². The number of alkyl halides is 3. The summed E-state index contributed by atoms with van der Waals surface area (Å²) in [6.07, 6.45) is -4.79. The second kappa shape index (κ2) is 6.82. The van der Waals surface area contributed by atoms with Crippen molar-refractivity contribution in [2.75, 3.05) is 27.2 Å². The minimum atomic E-state index is -4.14. The molecular formula is C11H20F3N3. The van der Waals surface area contributed by atoms with Gasteiger partial charge in [0.05, 0.1) is 6.07 Å². The zero-order valence-corrected chi connectivity index (χ0v) is 10.6. The van der Waals surface area contributed by atoms with Gasteiger partial charge in [-0.2, -0.15) is 18.4 Å². The number of rotatable bonds is 7. The van der Waals surface area contributed by atoms with Crippen LogP contribution in [0.2, 0.25) is 0 Å². The molecule has 1 unspecified atom stereocenters. The summed E-state index contributed by atoms with van der Waals surface area (Å²) in [6.45, 7) is 2.97. The molecule has 0 aliphatic rings. The van der Waals surface area contributed by atoms with Gasteiger partial charge in [-0.15, -0.1) is 0 Å². The van der Waals surface area contributed by atoms with Gasteiger partial charge in [-0.25, -0.2) is 0 Å². The van der Waals surface area contributed by atoms with Crippen LogP contribution in [-0.2, 0) is 0 Å². The Balaban J connectivity index is 3.99. The standard InChI is InChI=1S/C11H20F3N3/c1-10(9-15,16-7-8-17(2)3)5-4-6-11(12,13)14/h16H,4-8H2,1-3H3. The third kappa shape index (κ3) is 8.95. The fourth-order valence-electron chi connectivity index (χ4n) is 1.38. The van der Waals surface area contributed by atoms with Crippen molar-refractivity contribution in [2.45, 2.75) is 37.9 Å². The van der Waals surface area contributed by atoms with Crippen molar-refractivity contribution in [1.29, 1.82) is 5.26 Å². The maximum Gasteiger partial charge on any atom is 0.389 e. The monoisotopic (exact) mass is 251 g/mol. The molecule has 0 rings (SSSR count). The smallest absolute Gasteiger partial charge is 0.308 e. The van der Waals surface area contributed by atoms with Crippen molar-refractivity contribution >= 4 is 0 Å². The first kappa shape index (κ1) is 16.2. The average molecular weight is 251 g/mol. The van der Waals surface area contributed by atoms with Crippen molar-refractivity contribution in [2.24, 2.45) is 0 Å². The molecule has 0 saturated heterocycles. The summed E-state index contributed by atoms with van der Waals surface area (Å²) in [5, 5.41) is 12.0. The summed E-state index contributed by atoms with van der Waals surface area (Å²) >= 11 is 0.